The van der Waals surface area contributed by atoms with Crippen LogP contribution in [0.3, 0.4) is 0 Å². The highest BCUT2D eigenvalue weighted by Crippen LogP contribution is 2.13. The summed E-state index contributed by atoms with van der Waals surface area (Å²) in [6.45, 7) is 0.168. The number of amides is 1. The molecule has 1 unspecified atom stereocenters. The summed E-state index contributed by atoms with van der Waals surface area (Å²) in [5.74, 6) is -0.222. The zero-order valence-corrected chi connectivity index (χ0v) is 9.73. The Balaban J connectivity index is 2.72. The number of nitrogens with zero attached hydrogens (tertiary/aromatic N) is 1. The second-order valence-corrected chi connectivity index (χ2v) is 3.81. The third-order valence-corrected chi connectivity index (χ3v) is 2.62. The van der Waals surface area contributed by atoms with Crippen LogP contribution >= 0.6 is 12.6 Å². The van der Waals surface area contributed by atoms with Crippen LogP contribution in [-0.4, -0.2) is 52.7 Å². The minimum absolute atomic E-state index is 0.125. The average Bonchev–Trinajstić information content (AvgIpc) is 2.28. The number of carbonyl (C=O) groups is 1. The van der Waals surface area contributed by atoms with Crippen LogP contribution in [0.5, 0.6) is 0 Å². The van der Waals surface area contributed by atoms with Crippen molar-refractivity contribution in [3.63, 3.8) is 0 Å². The lowest BCUT2D eigenvalue weighted by atomic mass is 10.1. The number of rotatable bonds is 5. The quantitative estimate of drug-likeness (QED) is 0.473. The van der Waals surface area contributed by atoms with Crippen molar-refractivity contribution < 1.29 is 15.0 Å². The molecule has 0 aromatic heterocycles. The van der Waals surface area contributed by atoms with Crippen LogP contribution < -0.4 is 5.32 Å². The smallest absolute Gasteiger partial charge is 0.252 e. The molecule has 0 saturated heterocycles. The number of allylic oxidation sites excluding steroid dienone is 2. The van der Waals surface area contributed by atoms with E-state index in [-0.39, 0.29) is 37.6 Å². The van der Waals surface area contributed by atoms with Crippen molar-refractivity contribution in [2.45, 2.75) is 5.37 Å². The van der Waals surface area contributed by atoms with E-state index in [1.807, 2.05) is 0 Å². The monoisotopic (exact) mass is 244 g/mol. The van der Waals surface area contributed by atoms with Gasteiger partial charge in [-0.05, 0) is 18.4 Å². The molecule has 0 aromatic rings. The summed E-state index contributed by atoms with van der Waals surface area (Å²) in [6.07, 6.45) is 5.10. The molecule has 1 aliphatic rings. The van der Waals surface area contributed by atoms with E-state index in [0.717, 1.165) is 0 Å². The van der Waals surface area contributed by atoms with Gasteiger partial charge < -0.3 is 20.4 Å². The Morgan fingerprint density at radius 3 is 2.56 bits per heavy atom. The third kappa shape index (κ3) is 3.26. The number of dihydropyridines is 1. The Labute approximate surface area is 99.9 Å². The van der Waals surface area contributed by atoms with Gasteiger partial charge in [0.15, 0.2) is 0 Å². The van der Waals surface area contributed by atoms with E-state index < -0.39 is 0 Å². The van der Waals surface area contributed by atoms with E-state index in [4.69, 9.17) is 10.2 Å². The molecular formula is C10H16N2O3S. The van der Waals surface area contributed by atoms with Crippen LogP contribution in [-0.2, 0) is 4.79 Å². The second kappa shape index (κ2) is 6.57. The summed E-state index contributed by atoms with van der Waals surface area (Å²) in [6, 6.07) is 0. The van der Waals surface area contributed by atoms with Crippen LogP contribution in [0.2, 0.25) is 0 Å². The fourth-order valence-electron chi connectivity index (χ4n) is 1.41. The molecule has 1 rings (SSSR count). The predicted octanol–water partition coefficient (Wildman–Crippen LogP) is -0.901. The molecule has 0 fully saturated rings. The molecule has 5 nitrogen and oxygen atoms in total. The maximum atomic E-state index is 12.0. The molecule has 3 N–H and O–H groups in total. The highest BCUT2D eigenvalue weighted by atomic mass is 32.1. The molecule has 1 atom stereocenters. The maximum absolute atomic E-state index is 12.0. The Morgan fingerprint density at radius 2 is 2.06 bits per heavy atom. The van der Waals surface area contributed by atoms with Gasteiger partial charge in [0.2, 0.25) is 0 Å². The van der Waals surface area contributed by atoms with Crippen molar-refractivity contribution in [2.75, 3.05) is 26.3 Å². The van der Waals surface area contributed by atoms with Gasteiger partial charge in [-0.25, -0.2) is 0 Å². The van der Waals surface area contributed by atoms with Gasteiger partial charge in [0, 0.05) is 18.7 Å². The normalized spacial score (nSPS) is 18.9. The first-order valence-electron chi connectivity index (χ1n) is 5.02. The first kappa shape index (κ1) is 13.1. The van der Waals surface area contributed by atoms with Crippen LogP contribution in [0.1, 0.15) is 0 Å². The number of thiol groups is 1. The van der Waals surface area contributed by atoms with Crippen molar-refractivity contribution in [3.05, 3.63) is 23.9 Å². The Morgan fingerprint density at radius 1 is 1.44 bits per heavy atom. The summed E-state index contributed by atoms with van der Waals surface area (Å²) in [5, 5.41) is 20.2. The van der Waals surface area contributed by atoms with Crippen LogP contribution in [0.4, 0.5) is 0 Å². The van der Waals surface area contributed by atoms with Gasteiger partial charge in [-0.15, -0.1) is 12.6 Å². The molecule has 0 radical (unpaired) electrons. The second-order valence-electron chi connectivity index (χ2n) is 3.29. The van der Waals surface area contributed by atoms with Gasteiger partial charge in [-0.2, -0.15) is 0 Å². The number of aliphatic hydroxyl groups is 2. The molecule has 1 heterocycles. The molecule has 0 aliphatic carbocycles. The van der Waals surface area contributed by atoms with Gasteiger partial charge in [-0.1, -0.05) is 0 Å². The van der Waals surface area contributed by atoms with Gasteiger partial charge in [0.05, 0.1) is 13.2 Å². The Bertz CT molecular complexity index is 298. The minimum atomic E-state index is -0.350. The van der Waals surface area contributed by atoms with Crippen molar-refractivity contribution >= 4 is 18.5 Å². The molecule has 0 spiro atoms. The Hall–Kier alpha value is -0.980. The first-order chi connectivity index (χ1) is 7.70. The van der Waals surface area contributed by atoms with Gasteiger partial charge in [0.1, 0.15) is 5.37 Å². The molecule has 1 aliphatic heterocycles. The van der Waals surface area contributed by atoms with Crippen molar-refractivity contribution in [1.29, 1.82) is 0 Å². The molecule has 0 saturated carbocycles. The van der Waals surface area contributed by atoms with Gasteiger partial charge in [-0.3, -0.25) is 4.79 Å². The summed E-state index contributed by atoms with van der Waals surface area (Å²) < 4.78 is 0. The van der Waals surface area contributed by atoms with E-state index in [2.05, 4.69) is 17.9 Å². The number of hydrogen-bond donors (Lipinski definition) is 4. The van der Waals surface area contributed by atoms with Crippen molar-refractivity contribution in [3.8, 4) is 0 Å². The largest absolute Gasteiger partial charge is 0.395 e. The summed E-state index contributed by atoms with van der Waals surface area (Å²) >= 11 is 4.22. The van der Waals surface area contributed by atoms with Crippen LogP contribution in [0.15, 0.2) is 23.9 Å². The lowest BCUT2D eigenvalue weighted by Crippen LogP contribution is -2.41. The van der Waals surface area contributed by atoms with E-state index >= 15 is 0 Å². The van der Waals surface area contributed by atoms with E-state index in [1.165, 1.54) is 4.90 Å². The SMILES string of the molecule is O=C(C1=CC=CNC1S)N(CCO)CCO. The molecule has 90 valence electrons. The molecule has 6 heteroatoms. The van der Waals surface area contributed by atoms with Gasteiger partial charge in [0.25, 0.3) is 5.91 Å². The standard InChI is InChI=1S/C10H16N2O3S/c13-6-4-12(5-7-14)10(15)8-2-1-3-11-9(8)16/h1-3,9,11,13-14,16H,4-7H2. The molecule has 1 amide bonds. The zero-order valence-electron chi connectivity index (χ0n) is 8.83. The fraction of sp³-hybridized carbons (Fsp3) is 0.500. The average molecular weight is 244 g/mol. The van der Waals surface area contributed by atoms with Crippen molar-refractivity contribution in [1.82, 2.24) is 10.2 Å². The summed E-state index contributed by atoms with van der Waals surface area (Å²) in [5.41, 5.74) is 0.507. The number of hydrogen-bond acceptors (Lipinski definition) is 5. The highest BCUT2D eigenvalue weighted by Gasteiger charge is 2.22. The van der Waals surface area contributed by atoms with E-state index in [9.17, 15) is 4.79 Å². The van der Waals surface area contributed by atoms with Crippen LogP contribution in [0, 0.1) is 0 Å². The third-order valence-electron chi connectivity index (χ3n) is 2.19. The van der Waals surface area contributed by atoms with E-state index in [0.29, 0.717) is 5.57 Å². The number of carbonyl (C=O) groups excluding carboxylic acids is 1. The molecule has 0 bridgehead atoms. The fourth-order valence-corrected chi connectivity index (χ4v) is 1.69. The first-order valence-corrected chi connectivity index (χ1v) is 5.54. The summed E-state index contributed by atoms with van der Waals surface area (Å²) in [4.78, 5) is 13.4. The van der Waals surface area contributed by atoms with E-state index in [1.54, 1.807) is 18.4 Å². The van der Waals surface area contributed by atoms with Gasteiger partial charge >= 0.3 is 0 Å². The molecular weight excluding hydrogens is 228 g/mol. The highest BCUT2D eigenvalue weighted by molar-refractivity contribution is 7.81. The lowest BCUT2D eigenvalue weighted by Gasteiger charge is -2.25. The molecule has 0 aromatic carbocycles. The topological polar surface area (TPSA) is 72.8 Å². The lowest BCUT2D eigenvalue weighted by molar-refractivity contribution is -0.128. The molecule has 16 heavy (non-hydrogen) atoms. The zero-order chi connectivity index (χ0) is 12.0. The Kier molecular flexibility index (Phi) is 5.37. The van der Waals surface area contributed by atoms with Crippen LogP contribution in [0.25, 0.3) is 0 Å². The minimum Gasteiger partial charge on any atom is -0.395 e. The van der Waals surface area contributed by atoms with Crippen molar-refractivity contribution in [2.24, 2.45) is 0 Å². The predicted molar refractivity (Wildman–Crippen MR) is 63.9 cm³/mol. The summed E-state index contributed by atoms with van der Waals surface area (Å²) in [7, 11) is 0. The number of nitrogens with one attached hydrogen (secondary N) is 1. The maximum Gasteiger partial charge on any atom is 0.252 e. The number of aliphatic hydroxyl groups excluding tert-OH is 2.